The number of carbonyl (C=O) groups is 1. The minimum Gasteiger partial charge on any atom is -0.477 e. The molecule has 2 atom stereocenters. The molecule has 0 bridgehead atoms. The number of carboxylic acid groups (broad SMARTS) is 1. The molecular weight excluding hydrogens is 290 g/mol. The van der Waals surface area contributed by atoms with Crippen molar-refractivity contribution < 1.29 is 9.90 Å². The van der Waals surface area contributed by atoms with Crippen LogP contribution in [0.25, 0.3) is 0 Å². The lowest BCUT2D eigenvalue weighted by atomic mass is 9.89. The average molecular weight is 307 g/mol. The fraction of sp³-hybridized carbons (Fsp3) is 0.278. The van der Waals surface area contributed by atoms with Gasteiger partial charge in [0.15, 0.2) is 5.69 Å². The normalized spacial score (nSPS) is 21.0. The van der Waals surface area contributed by atoms with Crippen molar-refractivity contribution in [2.24, 2.45) is 5.92 Å². The molecule has 1 aliphatic rings. The lowest BCUT2D eigenvalue weighted by Crippen LogP contribution is -2.20. The van der Waals surface area contributed by atoms with Gasteiger partial charge in [-0.25, -0.2) is 9.78 Å². The maximum absolute atomic E-state index is 11.4. The molecule has 2 heterocycles. The molecule has 1 saturated heterocycles. The van der Waals surface area contributed by atoms with Crippen molar-refractivity contribution in [3.8, 4) is 6.07 Å². The summed E-state index contributed by atoms with van der Waals surface area (Å²) in [5.41, 5.74) is 1.90. The maximum atomic E-state index is 11.4. The number of hydrogen-bond donors (Lipinski definition) is 1. The molecular formula is C18H17N3O2. The van der Waals surface area contributed by atoms with Crippen LogP contribution in [0.4, 0.5) is 0 Å². The Morgan fingerprint density at radius 2 is 2.04 bits per heavy atom. The molecule has 0 amide bonds. The summed E-state index contributed by atoms with van der Waals surface area (Å²) in [7, 11) is 0. The van der Waals surface area contributed by atoms with E-state index in [9.17, 15) is 15.2 Å². The summed E-state index contributed by atoms with van der Waals surface area (Å²) in [4.78, 5) is 17.6. The Morgan fingerprint density at radius 1 is 1.26 bits per heavy atom. The predicted molar refractivity (Wildman–Crippen MR) is 84.8 cm³/mol. The van der Waals surface area contributed by atoms with Crippen molar-refractivity contribution >= 4 is 5.97 Å². The van der Waals surface area contributed by atoms with Crippen molar-refractivity contribution in [2.45, 2.75) is 12.5 Å². The summed E-state index contributed by atoms with van der Waals surface area (Å²) in [5.74, 6) is -1.39. The average Bonchev–Trinajstić information content (AvgIpc) is 2.98. The Labute approximate surface area is 134 Å². The molecule has 1 aromatic heterocycles. The second kappa shape index (κ2) is 6.59. The topological polar surface area (TPSA) is 77.2 Å². The smallest absolute Gasteiger partial charge is 0.354 e. The van der Waals surface area contributed by atoms with Gasteiger partial charge in [-0.05, 0) is 17.2 Å². The van der Waals surface area contributed by atoms with E-state index >= 15 is 0 Å². The first kappa shape index (κ1) is 15.2. The molecule has 0 saturated carbocycles. The van der Waals surface area contributed by atoms with Crippen LogP contribution in [0.5, 0.6) is 0 Å². The standard InChI is InChI=1S/C18H17N3O2/c19-9-14-11-21(10-13-5-2-1-3-6-13)12-16(14)15-7-4-8-20-17(15)18(22)23/h1-8,14,16H,10-12H2,(H,22,23). The molecule has 1 N–H and O–H groups in total. The van der Waals surface area contributed by atoms with E-state index in [0.29, 0.717) is 18.7 Å². The molecule has 116 valence electrons. The summed E-state index contributed by atoms with van der Waals surface area (Å²) in [6, 6.07) is 15.9. The number of carboxylic acids is 1. The highest BCUT2D eigenvalue weighted by molar-refractivity contribution is 5.87. The molecule has 0 aliphatic carbocycles. The summed E-state index contributed by atoms with van der Waals surface area (Å²) in [5, 5.41) is 18.8. The van der Waals surface area contributed by atoms with Gasteiger partial charge in [0.1, 0.15) is 0 Å². The van der Waals surface area contributed by atoms with E-state index in [1.165, 1.54) is 11.8 Å². The summed E-state index contributed by atoms with van der Waals surface area (Å²) in [6.45, 7) is 2.07. The number of nitriles is 1. The highest BCUT2D eigenvalue weighted by Gasteiger charge is 2.36. The Kier molecular flexibility index (Phi) is 4.35. The number of aromatic nitrogens is 1. The molecule has 5 nitrogen and oxygen atoms in total. The summed E-state index contributed by atoms with van der Waals surface area (Å²) in [6.07, 6.45) is 1.48. The van der Waals surface area contributed by atoms with E-state index in [1.54, 1.807) is 12.1 Å². The van der Waals surface area contributed by atoms with E-state index in [0.717, 1.165) is 6.54 Å². The Morgan fingerprint density at radius 3 is 2.74 bits per heavy atom. The van der Waals surface area contributed by atoms with Gasteiger partial charge < -0.3 is 5.11 Å². The molecule has 5 heteroatoms. The molecule has 2 unspecified atom stereocenters. The van der Waals surface area contributed by atoms with Gasteiger partial charge in [-0.15, -0.1) is 0 Å². The molecule has 0 spiro atoms. The van der Waals surface area contributed by atoms with Gasteiger partial charge in [-0.1, -0.05) is 36.4 Å². The highest BCUT2D eigenvalue weighted by Crippen LogP contribution is 2.34. The van der Waals surface area contributed by atoms with Gasteiger partial charge in [0.2, 0.25) is 0 Å². The van der Waals surface area contributed by atoms with Gasteiger partial charge in [-0.2, -0.15) is 5.26 Å². The predicted octanol–water partition coefficient (Wildman–Crippen LogP) is 2.52. The Balaban J connectivity index is 1.83. The SMILES string of the molecule is N#CC1CN(Cc2ccccc2)CC1c1cccnc1C(=O)O. The third kappa shape index (κ3) is 3.22. The van der Waals surface area contributed by atoms with Crippen LogP contribution in [0.1, 0.15) is 27.5 Å². The highest BCUT2D eigenvalue weighted by atomic mass is 16.4. The van der Waals surface area contributed by atoms with Crippen molar-refractivity contribution in [2.75, 3.05) is 13.1 Å². The zero-order valence-electron chi connectivity index (χ0n) is 12.6. The van der Waals surface area contributed by atoms with Crippen LogP contribution in [-0.4, -0.2) is 34.0 Å². The van der Waals surface area contributed by atoms with Crippen LogP contribution >= 0.6 is 0 Å². The second-order valence-corrected chi connectivity index (χ2v) is 5.77. The molecule has 1 fully saturated rings. The Bertz CT molecular complexity index is 739. The summed E-state index contributed by atoms with van der Waals surface area (Å²) >= 11 is 0. The van der Waals surface area contributed by atoms with E-state index < -0.39 is 5.97 Å². The minimum absolute atomic E-state index is 0.0549. The van der Waals surface area contributed by atoms with Crippen LogP contribution in [0.3, 0.4) is 0 Å². The fourth-order valence-corrected chi connectivity index (χ4v) is 3.20. The quantitative estimate of drug-likeness (QED) is 0.939. The monoisotopic (exact) mass is 307 g/mol. The largest absolute Gasteiger partial charge is 0.477 e. The van der Waals surface area contributed by atoms with Crippen molar-refractivity contribution in [3.63, 3.8) is 0 Å². The summed E-state index contributed by atoms with van der Waals surface area (Å²) < 4.78 is 0. The third-order valence-electron chi connectivity index (χ3n) is 4.25. The first-order valence-corrected chi connectivity index (χ1v) is 7.53. The molecule has 3 rings (SSSR count). The number of rotatable bonds is 4. The van der Waals surface area contributed by atoms with E-state index in [-0.39, 0.29) is 17.5 Å². The number of aromatic carboxylic acids is 1. The van der Waals surface area contributed by atoms with Crippen molar-refractivity contribution in [1.82, 2.24) is 9.88 Å². The Hall–Kier alpha value is -2.71. The zero-order chi connectivity index (χ0) is 16.2. The van der Waals surface area contributed by atoms with Gasteiger partial charge >= 0.3 is 5.97 Å². The zero-order valence-corrected chi connectivity index (χ0v) is 12.6. The van der Waals surface area contributed by atoms with E-state index in [2.05, 4.69) is 28.1 Å². The lowest BCUT2D eigenvalue weighted by molar-refractivity contribution is 0.0688. The lowest BCUT2D eigenvalue weighted by Gasteiger charge is -2.16. The molecule has 23 heavy (non-hydrogen) atoms. The second-order valence-electron chi connectivity index (χ2n) is 5.77. The number of pyridine rings is 1. The molecule has 2 aromatic rings. The van der Waals surface area contributed by atoms with Gasteiger partial charge in [0.25, 0.3) is 0 Å². The number of nitrogens with zero attached hydrogens (tertiary/aromatic N) is 3. The molecule has 0 radical (unpaired) electrons. The fourth-order valence-electron chi connectivity index (χ4n) is 3.20. The van der Waals surface area contributed by atoms with Gasteiger partial charge in [-0.3, -0.25) is 4.90 Å². The van der Waals surface area contributed by atoms with Crippen LogP contribution in [0.2, 0.25) is 0 Å². The maximum Gasteiger partial charge on any atom is 0.354 e. The van der Waals surface area contributed by atoms with Crippen LogP contribution < -0.4 is 0 Å². The third-order valence-corrected chi connectivity index (χ3v) is 4.25. The van der Waals surface area contributed by atoms with Crippen molar-refractivity contribution in [3.05, 3.63) is 65.5 Å². The van der Waals surface area contributed by atoms with Crippen LogP contribution in [0.15, 0.2) is 48.7 Å². The van der Waals surface area contributed by atoms with E-state index in [4.69, 9.17) is 0 Å². The number of hydrogen-bond acceptors (Lipinski definition) is 4. The van der Waals surface area contributed by atoms with Crippen LogP contribution in [0, 0.1) is 17.2 Å². The molecule has 1 aliphatic heterocycles. The number of likely N-dealkylation sites (tertiary alicyclic amines) is 1. The first-order chi connectivity index (χ1) is 11.2. The van der Waals surface area contributed by atoms with Gasteiger partial charge in [0.05, 0.1) is 12.0 Å². The van der Waals surface area contributed by atoms with E-state index in [1.807, 2.05) is 18.2 Å². The van der Waals surface area contributed by atoms with Gasteiger partial charge in [0, 0.05) is 31.7 Å². The van der Waals surface area contributed by atoms with Crippen LogP contribution in [-0.2, 0) is 6.54 Å². The number of benzene rings is 1. The first-order valence-electron chi connectivity index (χ1n) is 7.53. The molecule has 1 aromatic carbocycles. The van der Waals surface area contributed by atoms with Crippen molar-refractivity contribution in [1.29, 1.82) is 5.26 Å². The minimum atomic E-state index is -1.04.